The van der Waals surface area contributed by atoms with Crippen LogP contribution in [0.3, 0.4) is 0 Å². The molecule has 0 unspecified atom stereocenters. The number of aromatic nitrogens is 1. The van der Waals surface area contributed by atoms with Crippen molar-refractivity contribution in [2.75, 3.05) is 0 Å². The lowest BCUT2D eigenvalue weighted by molar-refractivity contribution is 1.35. The Hall–Kier alpha value is -0.830. The third-order valence-electron chi connectivity index (χ3n) is 1.27. The van der Waals surface area contributed by atoms with E-state index in [1.54, 1.807) is 0 Å². The molecule has 1 rings (SSSR count). The molecule has 0 saturated carbocycles. The molecule has 0 radical (unpaired) electrons. The molecule has 0 aliphatic carbocycles. The Morgan fingerprint density at radius 2 is 2.55 bits per heavy atom. The Labute approximate surface area is 74.2 Å². The first-order chi connectivity index (χ1) is 5.24. The standard InChI is InChI=1S/C8H9BrN2/c1-6(9)5-7-3-4-11-8(7)10-2/h3-5,11H,2H2,1H3/b6-5+. The molecule has 1 aromatic heterocycles. The number of hydrogen-bond donors (Lipinski definition) is 1. The maximum atomic E-state index is 3.81. The molecule has 0 saturated heterocycles. The van der Waals surface area contributed by atoms with Gasteiger partial charge >= 0.3 is 0 Å². The van der Waals surface area contributed by atoms with Gasteiger partial charge < -0.3 is 4.98 Å². The molecule has 0 bridgehead atoms. The van der Waals surface area contributed by atoms with Crippen molar-refractivity contribution in [3.8, 4) is 0 Å². The van der Waals surface area contributed by atoms with Gasteiger partial charge in [0.15, 0.2) is 0 Å². The molecule has 58 valence electrons. The molecule has 0 aromatic carbocycles. The first kappa shape index (κ1) is 8.27. The van der Waals surface area contributed by atoms with E-state index in [2.05, 4.69) is 32.6 Å². The highest BCUT2D eigenvalue weighted by molar-refractivity contribution is 9.11. The molecule has 0 amide bonds. The van der Waals surface area contributed by atoms with Crippen molar-refractivity contribution in [1.82, 2.24) is 4.98 Å². The van der Waals surface area contributed by atoms with Crippen LogP contribution in [0.25, 0.3) is 6.08 Å². The van der Waals surface area contributed by atoms with Crippen LogP contribution >= 0.6 is 15.9 Å². The zero-order valence-electron chi connectivity index (χ0n) is 6.26. The molecule has 1 aromatic rings. The highest BCUT2D eigenvalue weighted by Crippen LogP contribution is 2.20. The number of hydrogen-bond acceptors (Lipinski definition) is 1. The summed E-state index contributed by atoms with van der Waals surface area (Å²) >= 11 is 3.34. The molecule has 0 fully saturated rings. The van der Waals surface area contributed by atoms with E-state index in [1.165, 1.54) is 0 Å². The fourth-order valence-electron chi connectivity index (χ4n) is 0.840. The summed E-state index contributed by atoms with van der Waals surface area (Å²) in [5.41, 5.74) is 1.05. The van der Waals surface area contributed by atoms with Crippen LogP contribution in [0.4, 0.5) is 5.82 Å². The van der Waals surface area contributed by atoms with Crippen LogP contribution in [-0.2, 0) is 0 Å². The van der Waals surface area contributed by atoms with Gasteiger partial charge in [0.1, 0.15) is 5.82 Å². The van der Waals surface area contributed by atoms with Crippen molar-refractivity contribution < 1.29 is 0 Å². The number of aliphatic imine (C=N–C) groups is 1. The lowest BCUT2D eigenvalue weighted by Crippen LogP contribution is -1.66. The molecular formula is C8H9BrN2. The predicted molar refractivity (Wildman–Crippen MR) is 52.6 cm³/mol. The van der Waals surface area contributed by atoms with Crippen LogP contribution in [0.2, 0.25) is 0 Å². The van der Waals surface area contributed by atoms with Crippen molar-refractivity contribution in [1.29, 1.82) is 0 Å². The highest BCUT2D eigenvalue weighted by atomic mass is 79.9. The van der Waals surface area contributed by atoms with Crippen molar-refractivity contribution in [2.24, 2.45) is 4.99 Å². The summed E-state index contributed by atoms with van der Waals surface area (Å²) in [5.74, 6) is 0.809. The predicted octanol–water partition coefficient (Wildman–Crippen LogP) is 3.10. The molecule has 11 heavy (non-hydrogen) atoms. The minimum atomic E-state index is 0.809. The average molecular weight is 213 g/mol. The Bertz CT molecular complexity index is 282. The van der Waals surface area contributed by atoms with E-state index in [0.29, 0.717) is 0 Å². The summed E-state index contributed by atoms with van der Waals surface area (Å²) in [4.78, 5) is 6.78. The molecule has 0 aliphatic heterocycles. The molecule has 3 heteroatoms. The molecular weight excluding hydrogens is 204 g/mol. The van der Waals surface area contributed by atoms with Gasteiger partial charge in [-0.3, -0.25) is 0 Å². The van der Waals surface area contributed by atoms with E-state index >= 15 is 0 Å². The van der Waals surface area contributed by atoms with Crippen LogP contribution in [-0.4, -0.2) is 11.7 Å². The second kappa shape index (κ2) is 3.53. The average Bonchev–Trinajstić information content (AvgIpc) is 2.34. The van der Waals surface area contributed by atoms with Gasteiger partial charge in [0, 0.05) is 11.8 Å². The third kappa shape index (κ3) is 2.05. The maximum absolute atomic E-state index is 3.81. The maximum Gasteiger partial charge on any atom is 0.136 e. The van der Waals surface area contributed by atoms with Gasteiger partial charge in [-0.1, -0.05) is 15.9 Å². The van der Waals surface area contributed by atoms with Crippen molar-refractivity contribution in [3.63, 3.8) is 0 Å². The topological polar surface area (TPSA) is 28.1 Å². The molecule has 0 spiro atoms. The summed E-state index contributed by atoms with van der Waals surface area (Å²) in [6, 6.07) is 1.95. The van der Waals surface area contributed by atoms with Gasteiger partial charge in [0.2, 0.25) is 0 Å². The Balaban J connectivity index is 3.03. The summed E-state index contributed by atoms with van der Waals surface area (Å²) in [7, 11) is 0. The molecule has 2 nitrogen and oxygen atoms in total. The number of rotatable bonds is 2. The fourth-order valence-corrected chi connectivity index (χ4v) is 1.09. The summed E-state index contributed by atoms with van der Waals surface area (Å²) in [6.07, 6.45) is 3.83. The van der Waals surface area contributed by atoms with Gasteiger partial charge in [-0.05, 0) is 30.3 Å². The number of aromatic amines is 1. The van der Waals surface area contributed by atoms with Crippen LogP contribution in [0.15, 0.2) is 21.7 Å². The number of allylic oxidation sites excluding steroid dienone is 1. The van der Waals surface area contributed by atoms with Crippen molar-refractivity contribution >= 4 is 34.5 Å². The minimum absolute atomic E-state index is 0.809. The fraction of sp³-hybridized carbons (Fsp3) is 0.125. The van der Waals surface area contributed by atoms with Gasteiger partial charge in [0.25, 0.3) is 0 Å². The first-order valence-corrected chi connectivity index (χ1v) is 4.01. The van der Waals surface area contributed by atoms with Gasteiger partial charge in [0.05, 0.1) is 0 Å². The lowest BCUT2D eigenvalue weighted by atomic mass is 10.3. The highest BCUT2D eigenvalue weighted by Gasteiger charge is 1.96. The van der Waals surface area contributed by atoms with Gasteiger partial charge in [-0.25, -0.2) is 4.99 Å². The molecule has 1 heterocycles. The number of H-pyrrole nitrogens is 1. The van der Waals surface area contributed by atoms with Crippen LogP contribution < -0.4 is 0 Å². The lowest BCUT2D eigenvalue weighted by Gasteiger charge is -1.90. The Morgan fingerprint density at radius 1 is 1.82 bits per heavy atom. The quantitative estimate of drug-likeness (QED) is 0.731. The van der Waals surface area contributed by atoms with Crippen molar-refractivity contribution in [3.05, 3.63) is 22.3 Å². The monoisotopic (exact) mass is 212 g/mol. The zero-order valence-corrected chi connectivity index (χ0v) is 7.85. The Morgan fingerprint density at radius 3 is 3.09 bits per heavy atom. The van der Waals surface area contributed by atoms with Crippen LogP contribution in [0.5, 0.6) is 0 Å². The van der Waals surface area contributed by atoms with Crippen LogP contribution in [0, 0.1) is 0 Å². The second-order valence-corrected chi connectivity index (χ2v) is 3.42. The Kier molecular flexibility index (Phi) is 2.65. The van der Waals surface area contributed by atoms with E-state index in [0.717, 1.165) is 15.9 Å². The first-order valence-electron chi connectivity index (χ1n) is 3.22. The van der Waals surface area contributed by atoms with Gasteiger partial charge in [-0.15, -0.1) is 0 Å². The van der Waals surface area contributed by atoms with E-state index in [9.17, 15) is 0 Å². The summed E-state index contributed by atoms with van der Waals surface area (Å²) in [5, 5.41) is 0. The number of nitrogens with zero attached hydrogens (tertiary/aromatic N) is 1. The molecule has 1 N–H and O–H groups in total. The smallest absolute Gasteiger partial charge is 0.136 e. The van der Waals surface area contributed by atoms with E-state index in [-0.39, 0.29) is 0 Å². The number of halogens is 1. The summed E-state index contributed by atoms with van der Waals surface area (Å²) in [6.45, 7) is 5.42. The molecule has 0 aliphatic rings. The van der Waals surface area contributed by atoms with Gasteiger partial charge in [-0.2, -0.15) is 0 Å². The number of nitrogens with one attached hydrogen (secondary N) is 1. The van der Waals surface area contributed by atoms with E-state index in [4.69, 9.17) is 0 Å². The van der Waals surface area contributed by atoms with E-state index < -0.39 is 0 Å². The largest absolute Gasteiger partial charge is 0.346 e. The summed E-state index contributed by atoms with van der Waals surface area (Å²) < 4.78 is 1.07. The van der Waals surface area contributed by atoms with E-state index in [1.807, 2.05) is 25.3 Å². The zero-order chi connectivity index (χ0) is 8.27. The second-order valence-electron chi connectivity index (χ2n) is 2.17. The molecule has 0 atom stereocenters. The van der Waals surface area contributed by atoms with Crippen LogP contribution in [0.1, 0.15) is 12.5 Å². The van der Waals surface area contributed by atoms with Crippen molar-refractivity contribution in [2.45, 2.75) is 6.92 Å². The normalized spacial score (nSPS) is 11.6. The minimum Gasteiger partial charge on any atom is -0.346 e. The SMILES string of the molecule is C=Nc1[nH]ccc1/C=C(\C)Br. The third-order valence-corrected chi connectivity index (χ3v) is 1.50.